The lowest BCUT2D eigenvalue weighted by Crippen LogP contribution is -2.23. The molecule has 3 rings (SSSR count). The standard InChI is InChI=1S/C23H18Br2N2O7/c1-32-21-15(11-18(24)22(20(21)25)33-13-14-5-3-2-4-6-14)12-19(26-29)23(28)34-17-9-7-16(8-10-17)27(30)31/h2-11,29H,12-13H2,1H3/b26-19+. The van der Waals surface area contributed by atoms with Crippen LogP contribution in [0, 0.1) is 10.1 Å². The number of nitrogens with zero attached hydrogens (tertiary/aromatic N) is 2. The van der Waals surface area contributed by atoms with Crippen LogP contribution in [-0.4, -0.2) is 28.9 Å². The zero-order valence-electron chi connectivity index (χ0n) is 17.7. The number of halogens is 2. The number of esters is 1. The minimum absolute atomic E-state index is 0.0655. The summed E-state index contributed by atoms with van der Waals surface area (Å²) in [7, 11) is 1.46. The van der Waals surface area contributed by atoms with Crippen LogP contribution in [-0.2, 0) is 17.8 Å². The maximum atomic E-state index is 12.5. The van der Waals surface area contributed by atoms with E-state index in [4.69, 9.17) is 14.2 Å². The third-order valence-electron chi connectivity index (χ3n) is 4.61. The average Bonchev–Trinajstić information content (AvgIpc) is 2.83. The molecule has 34 heavy (non-hydrogen) atoms. The summed E-state index contributed by atoms with van der Waals surface area (Å²) in [6.45, 7) is 0.325. The number of nitro benzene ring substituents is 1. The first-order chi connectivity index (χ1) is 16.3. The van der Waals surface area contributed by atoms with Crippen molar-refractivity contribution in [3.63, 3.8) is 0 Å². The first kappa shape index (κ1) is 25.2. The number of nitro groups is 1. The van der Waals surface area contributed by atoms with E-state index in [1.807, 2.05) is 30.3 Å². The first-order valence-corrected chi connectivity index (χ1v) is 11.3. The molecule has 0 unspecified atom stereocenters. The summed E-state index contributed by atoms with van der Waals surface area (Å²) in [6.07, 6.45) is -0.123. The molecule has 0 amide bonds. The Morgan fingerprint density at radius 2 is 1.76 bits per heavy atom. The quantitative estimate of drug-likeness (QED) is 0.0845. The van der Waals surface area contributed by atoms with Crippen molar-refractivity contribution in [2.24, 2.45) is 5.16 Å². The van der Waals surface area contributed by atoms with Crippen LogP contribution in [0.5, 0.6) is 17.2 Å². The predicted molar refractivity (Wildman–Crippen MR) is 131 cm³/mol. The lowest BCUT2D eigenvalue weighted by molar-refractivity contribution is -0.384. The monoisotopic (exact) mass is 592 g/mol. The maximum absolute atomic E-state index is 12.5. The summed E-state index contributed by atoms with van der Waals surface area (Å²) in [5, 5.41) is 23.3. The number of hydrogen-bond donors (Lipinski definition) is 1. The molecule has 0 radical (unpaired) electrons. The van der Waals surface area contributed by atoms with Crippen molar-refractivity contribution in [1.82, 2.24) is 0 Å². The molecule has 0 bridgehead atoms. The predicted octanol–water partition coefficient (Wildman–Crippen LogP) is 5.69. The number of hydrogen-bond acceptors (Lipinski definition) is 8. The molecule has 0 aliphatic carbocycles. The van der Waals surface area contributed by atoms with Gasteiger partial charge >= 0.3 is 5.97 Å². The van der Waals surface area contributed by atoms with Gasteiger partial charge in [-0.2, -0.15) is 0 Å². The Morgan fingerprint density at radius 1 is 1.09 bits per heavy atom. The zero-order valence-corrected chi connectivity index (χ0v) is 20.9. The van der Waals surface area contributed by atoms with Crippen LogP contribution in [0.2, 0.25) is 0 Å². The second kappa shape index (κ2) is 11.6. The topological polar surface area (TPSA) is 120 Å². The molecule has 176 valence electrons. The van der Waals surface area contributed by atoms with Gasteiger partial charge in [-0.25, -0.2) is 4.79 Å². The zero-order chi connectivity index (χ0) is 24.7. The summed E-state index contributed by atoms with van der Waals surface area (Å²) >= 11 is 6.96. The van der Waals surface area contributed by atoms with E-state index >= 15 is 0 Å². The molecule has 11 heteroatoms. The van der Waals surface area contributed by atoms with E-state index in [0.717, 1.165) is 5.56 Å². The molecule has 0 saturated heterocycles. The van der Waals surface area contributed by atoms with Crippen molar-refractivity contribution in [3.05, 3.63) is 90.9 Å². The van der Waals surface area contributed by atoms with Gasteiger partial charge in [-0.15, -0.1) is 0 Å². The van der Waals surface area contributed by atoms with E-state index in [1.165, 1.54) is 31.4 Å². The number of methoxy groups -OCH3 is 1. The second-order valence-corrected chi connectivity index (χ2v) is 8.48. The van der Waals surface area contributed by atoms with Crippen molar-refractivity contribution in [2.75, 3.05) is 7.11 Å². The lowest BCUT2D eigenvalue weighted by Gasteiger charge is -2.17. The number of ether oxygens (including phenoxy) is 3. The molecule has 0 saturated carbocycles. The Labute approximate surface area is 211 Å². The van der Waals surface area contributed by atoms with Crippen molar-refractivity contribution in [2.45, 2.75) is 13.0 Å². The van der Waals surface area contributed by atoms with Crippen LogP contribution >= 0.6 is 31.9 Å². The Hall–Kier alpha value is -3.44. The average molecular weight is 594 g/mol. The molecular formula is C23H18Br2N2O7. The molecule has 0 spiro atoms. The third-order valence-corrected chi connectivity index (χ3v) is 5.92. The number of carbonyl (C=O) groups is 1. The number of non-ortho nitro benzene ring substituents is 1. The van der Waals surface area contributed by atoms with Crippen LogP contribution < -0.4 is 14.2 Å². The van der Waals surface area contributed by atoms with Crippen LogP contribution in [0.3, 0.4) is 0 Å². The highest BCUT2D eigenvalue weighted by Gasteiger charge is 2.23. The summed E-state index contributed by atoms with van der Waals surface area (Å²) in [5.74, 6) is 0.0294. The van der Waals surface area contributed by atoms with E-state index in [2.05, 4.69) is 37.0 Å². The summed E-state index contributed by atoms with van der Waals surface area (Å²) in [6, 6.07) is 16.3. The minimum Gasteiger partial charge on any atom is -0.495 e. The molecule has 3 aromatic rings. The fourth-order valence-corrected chi connectivity index (χ4v) is 4.58. The first-order valence-electron chi connectivity index (χ1n) is 9.73. The largest absolute Gasteiger partial charge is 0.495 e. The number of rotatable bonds is 9. The van der Waals surface area contributed by atoms with Crippen LogP contribution in [0.1, 0.15) is 11.1 Å². The molecule has 0 aliphatic rings. The van der Waals surface area contributed by atoms with E-state index < -0.39 is 10.9 Å². The Bertz CT molecular complexity index is 1220. The van der Waals surface area contributed by atoms with Gasteiger partial charge in [0, 0.05) is 24.1 Å². The van der Waals surface area contributed by atoms with Gasteiger partial charge in [0.2, 0.25) is 0 Å². The van der Waals surface area contributed by atoms with Crippen molar-refractivity contribution >= 4 is 49.2 Å². The van der Waals surface area contributed by atoms with Gasteiger partial charge in [0.1, 0.15) is 22.6 Å². The smallest absolute Gasteiger partial charge is 0.361 e. The van der Waals surface area contributed by atoms with Gasteiger partial charge in [-0.05, 0) is 55.6 Å². The summed E-state index contributed by atoms with van der Waals surface area (Å²) in [4.78, 5) is 22.7. The highest BCUT2D eigenvalue weighted by Crippen LogP contribution is 2.43. The molecule has 0 heterocycles. The molecule has 0 aromatic heterocycles. The van der Waals surface area contributed by atoms with Crippen molar-refractivity contribution < 1.29 is 29.1 Å². The van der Waals surface area contributed by atoms with Gasteiger partial charge < -0.3 is 19.4 Å². The number of carbonyl (C=O) groups excluding carboxylic acids is 1. The Kier molecular flexibility index (Phi) is 8.61. The van der Waals surface area contributed by atoms with Gasteiger partial charge in [0.05, 0.1) is 16.5 Å². The minimum atomic E-state index is -0.921. The molecule has 0 aliphatic heterocycles. The van der Waals surface area contributed by atoms with E-state index in [1.54, 1.807) is 6.07 Å². The van der Waals surface area contributed by atoms with Crippen molar-refractivity contribution in [3.8, 4) is 17.2 Å². The van der Waals surface area contributed by atoms with Gasteiger partial charge in [-0.3, -0.25) is 10.1 Å². The Balaban J connectivity index is 1.78. The summed E-state index contributed by atoms with van der Waals surface area (Å²) < 4.78 is 17.7. The normalized spacial score (nSPS) is 11.1. The van der Waals surface area contributed by atoms with E-state index in [9.17, 15) is 20.1 Å². The fourth-order valence-electron chi connectivity index (χ4n) is 2.98. The van der Waals surface area contributed by atoms with E-state index in [0.29, 0.717) is 32.6 Å². The van der Waals surface area contributed by atoms with Crippen LogP contribution in [0.15, 0.2) is 74.8 Å². The highest BCUT2D eigenvalue weighted by atomic mass is 79.9. The lowest BCUT2D eigenvalue weighted by atomic mass is 10.1. The second-order valence-electron chi connectivity index (χ2n) is 6.83. The number of oxime groups is 1. The van der Waals surface area contributed by atoms with Crippen LogP contribution in [0.4, 0.5) is 5.69 Å². The molecule has 0 atom stereocenters. The van der Waals surface area contributed by atoms with Gasteiger partial charge in [-0.1, -0.05) is 35.5 Å². The van der Waals surface area contributed by atoms with E-state index in [-0.39, 0.29) is 23.6 Å². The molecule has 9 nitrogen and oxygen atoms in total. The maximum Gasteiger partial charge on any atom is 0.361 e. The molecule has 1 N–H and O–H groups in total. The highest BCUT2D eigenvalue weighted by molar-refractivity contribution is 9.11. The summed E-state index contributed by atoms with van der Waals surface area (Å²) in [5.41, 5.74) is 1.05. The Morgan fingerprint density at radius 3 is 2.35 bits per heavy atom. The number of benzene rings is 3. The SMILES string of the molecule is COc1c(C/C(=N\O)C(=O)Oc2ccc([N+](=O)[O-])cc2)cc(Br)c(OCc2ccccc2)c1Br. The fraction of sp³-hybridized carbons (Fsp3) is 0.130. The molecule has 3 aromatic carbocycles. The molecular weight excluding hydrogens is 576 g/mol. The van der Waals surface area contributed by atoms with Crippen LogP contribution in [0.25, 0.3) is 0 Å². The van der Waals surface area contributed by atoms with Crippen molar-refractivity contribution in [1.29, 1.82) is 0 Å². The third kappa shape index (κ3) is 6.12. The molecule has 0 fully saturated rings. The van der Waals surface area contributed by atoms with Gasteiger partial charge in [0.25, 0.3) is 5.69 Å². The van der Waals surface area contributed by atoms with Gasteiger partial charge in [0.15, 0.2) is 11.5 Å².